The van der Waals surface area contributed by atoms with Gasteiger partial charge in [-0.1, -0.05) is 12.1 Å². The Bertz CT molecular complexity index is 1420. The Morgan fingerprint density at radius 2 is 1.82 bits per heavy atom. The van der Waals surface area contributed by atoms with E-state index in [9.17, 15) is 4.39 Å². The molecular formula is C24H18ClFN6O. The average Bonchev–Trinajstić information content (AvgIpc) is 3.23. The summed E-state index contributed by atoms with van der Waals surface area (Å²) >= 11 is 5.97. The van der Waals surface area contributed by atoms with Gasteiger partial charge in [0.25, 0.3) is 0 Å². The SMILES string of the molecule is Nc1ncccc1-c1nc2ccc(-c3ccc(OCF)nc3)nc2n1-c1ccc(CCl)cc1. The molecule has 164 valence electrons. The van der Waals surface area contributed by atoms with E-state index in [2.05, 4.69) is 9.97 Å². The fourth-order valence-corrected chi connectivity index (χ4v) is 3.74. The molecule has 7 nitrogen and oxygen atoms in total. The van der Waals surface area contributed by atoms with Crippen LogP contribution >= 0.6 is 11.6 Å². The summed E-state index contributed by atoms with van der Waals surface area (Å²) < 4.78 is 19.1. The summed E-state index contributed by atoms with van der Waals surface area (Å²) in [5, 5.41) is 0. The Kier molecular flexibility index (Phi) is 5.58. The molecule has 0 saturated heterocycles. The normalized spacial score (nSPS) is 11.1. The quantitative estimate of drug-likeness (QED) is 0.351. The van der Waals surface area contributed by atoms with Crippen molar-refractivity contribution in [2.24, 2.45) is 0 Å². The number of alkyl halides is 2. The Hall–Kier alpha value is -4.04. The van der Waals surface area contributed by atoms with Gasteiger partial charge in [0.1, 0.15) is 11.3 Å². The van der Waals surface area contributed by atoms with Gasteiger partial charge in [0.05, 0.1) is 11.3 Å². The van der Waals surface area contributed by atoms with Crippen molar-refractivity contribution in [2.45, 2.75) is 5.88 Å². The van der Waals surface area contributed by atoms with E-state index in [0.29, 0.717) is 39.9 Å². The van der Waals surface area contributed by atoms with Gasteiger partial charge in [0, 0.05) is 35.6 Å². The van der Waals surface area contributed by atoms with Gasteiger partial charge in [0.2, 0.25) is 12.7 Å². The molecule has 2 N–H and O–H groups in total. The molecule has 4 aromatic heterocycles. The first-order valence-electron chi connectivity index (χ1n) is 10.1. The summed E-state index contributed by atoms with van der Waals surface area (Å²) in [5.74, 6) is 1.63. The second-order valence-electron chi connectivity index (χ2n) is 7.18. The first kappa shape index (κ1) is 20.8. The van der Waals surface area contributed by atoms with Crippen LogP contribution in [-0.4, -0.2) is 31.4 Å². The topological polar surface area (TPSA) is 91.7 Å². The smallest absolute Gasteiger partial charge is 0.230 e. The number of benzene rings is 1. The largest absolute Gasteiger partial charge is 0.446 e. The molecular weight excluding hydrogens is 443 g/mol. The van der Waals surface area contributed by atoms with Crippen LogP contribution in [0.3, 0.4) is 0 Å². The van der Waals surface area contributed by atoms with E-state index in [4.69, 9.17) is 32.0 Å². The van der Waals surface area contributed by atoms with Gasteiger partial charge in [-0.05, 0) is 48.0 Å². The number of nitrogen functional groups attached to an aromatic ring is 1. The maximum atomic E-state index is 12.4. The lowest BCUT2D eigenvalue weighted by molar-refractivity contribution is 0.185. The predicted molar refractivity (Wildman–Crippen MR) is 126 cm³/mol. The van der Waals surface area contributed by atoms with Crippen molar-refractivity contribution in [3.63, 3.8) is 0 Å². The lowest BCUT2D eigenvalue weighted by atomic mass is 10.2. The molecule has 0 radical (unpaired) electrons. The molecule has 33 heavy (non-hydrogen) atoms. The number of halogens is 2. The number of pyridine rings is 3. The summed E-state index contributed by atoms with van der Waals surface area (Å²) in [6, 6.07) is 18.7. The standard InChI is InChI=1S/C24H18ClFN6O/c25-12-15-3-6-17(7-4-15)32-23(18-2-1-11-28-22(18)27)31-20-9-8-19(30-24(20)32)16-5-10-21(29-13-16)33-14-26/h1-11,13H,12,14H2,(H2,27,28). The van der Waals surface area contributed by atoms with Crippen LogP contribution in [0.2, 0.25) is 0 Å². The van der Waals surface area contributed by atoms with Crippen molar-refractivity contribution in [2.75, 3.05) is 12.6 Å². The molecule has 0 unspecified atom stereocenters. The Morgan fingerprint density at radius 3 is 2.52 bits per heavy atom. The number of imidazole rings is 1. The van der Waals surface area contributed by atoms with E-state index in [1.807, 2.05) is 53.1 Å². The first-order valence-corrected chi connectivity index (χ1v) is 10.6. The van der Waals surface area contributed by atoms with E-state index in [-0.39, 0.29) is 5.88 Å². The summed E-state index contributed by atoms with van der Waals surface area (Å²) in [7, 11) is 0. The molecule has 0 atom stereocenters. The number of ether oxygens (including phenoxy) is 1. The van der Waals surface area contributed by atoms with Crippen molar-refractivity contribution in [1.29, 1.82) is 0 Å². The van der Waals surface area contributed by atoms with Gasteiger partial charge < -0.3 is 10.5 Å². The van der Waals surface area contributed by atoms with E-state index in [1.54, 1.807) is 24.5 Å². The van der Waals surface area contributed by atoms with Gasteiger partial charge in [-0.15, -0.1) is 11.6 Å². The van der Waals surface area contributed by atoms with Gasteiger partial charge in [-0.25, -0.2) is 24.3 Å². The maximum Gasteiger partial charge on any atom is 0.230 e. The second-order valence-corrected chi connectivity index (χ2v) is 7.45. The summed E-state index contributed by atoms with van der Waals surface area (Å²) in [6.45, 7) is -0.932. The predicted octanol–water partition coefficient (Wildman–Crippen LogP) is 5.17. The fourth-order valence-electron chi connectivity index (χ4n) is 3.56. The van der Waals surface area contributed by atoms with Crippen LogP contribution in [0.4, 0.5) is 10.2 Å². The van der Waals surface area contributed by atoms with Crippen molar-refractivity contribution in [1.82, 2.24) is 24.5 Å². The number of fused-ring (bicyclic) bond motifs is 1. The third-order valence-corrected chi connectivity index (χ3v) is 5.48. The first-order chi connectivity index (χ1) is 16.2. The van der Waals surface area contributed by atoms with Crippen molar-refractivity contribution >= 4 is 28.6 Å². The lowest BCUT2D eigenvalue weighted by Gasteiger charge is -2.11. The number of nitrogens with zero attached hydrogens (tertiary/aromatic N) is 5. The number of hydrogen-bond donors (Lipinski definition) is 1. The highest BCUT2D eigenvalue weighted by Crippen LogP contribution is 2.32. The zero-order valence-electron chi connectivity index (χ0n) is 17.3. The molecule has 9 heteroatoms. The molecule has 0 spiro atoms. The Morgan fingerprint density at radius 1 is 0.970 bits per heavy atom. The zero-order chi connectivity index (χ0) is 22.8. The minimum absolute atomic E-state index is 0.209. The van der Waals surface area contributed by atoms with E-state index < -0.39 is 6.86 Å². The average molecular weight is 461 g/mol. The van der Waals surface area contributed by atoms with Crippen molar-refractivity contribution < 1.29 is 9.13 Å². The second kappa shape index (κ2) is 8.84. The Balaban J connectivity index is 1.71. The number of anilines is 1. The van der Waals surface area contributed by atoms with Crippen LogP contribution in [0.25, 0.3) is 39.5 Å². The minimum Gasteiger partial charge on any atom is -0.446 e. The lowest BCUT2D eigenvalue weighted by Crippen LogP contribution is -2.02. The van der Waals surface area contributed by atoms with Gasteiger partial charge in [-0.3, -0.25) is 4.57 Å². The monoisotopic (exact) mass is 460 g/mol. The molecule has 1 aromatic carbocycles. The van der Waals surface area contributed by atoms with Crippen molar-refractivity contribution in [3.05, 3.63) is 78.6 Å². The van der Waals surface area contributed by atoms with E-state index >= 15 is 0 Å². The third-order valence-electron chi connectivity index (χ3n) is 5.17. The van der Waals surface area contributed by atoms with Gasteiger partial charge >= 0.3 is 0 Å². The van der Waals surface area contributed by atoms with Crippen LogP contribution in [0.1, 0.15) is 5.56 Å². The Labute approximate surface area is 193 Å². The van der Waals surface area contributed by atoms with E-state index in [1.165, 1.54) is 0 Å². The van der Waals surface area contributed by atoms with Crippen LogP contribution in [0, 0.1) is 0 Å². The molecule has 4 heterocycles. The summed E-state index contributed by atoms with van der Waals surface area (Å²) in [6.07, 6.45) is 3.23. The molecule has 0 aliphatic heterocycles. The molecule has 0 saturated carbocycles. The van der Waals surface area contributed by atoms with Gasteiger partial charge in [-0.2, -0.15) is 0 Å². The van der Waals surface area contributed by atoms with Crippen LogP contribution < -0.4 is 10.5 Å². The molecule has 0 aliphatic carbocycles. The van der Waals surface area contributed by atoms with Crippen LogP contribution in [0.15, 0.2) is 73.1 Å². The van der Waals surface area contributed by atoms with Crippen LogP contribution in [-0.2, 0) is 5.88 Å². The number of aromatic nitrogens is 5. The van der Waals surface area contributed by atoms with Gasteiger partial charge in [0.15, 0.2) is 11.5 Å². The highest BCUT2D eigenvalue weighted by Gasteiger charge is 2.18. The third kappa shape index (κ3) is 3.96. The molecule has 0 aliphatic rings. The maximum absolute atomic E-state index is 12.4. The number of hydrogen-bond acceptors (Lipinski definition) is 6. The fraction of sp³-hybridized carbons (Fsp3) is 0.0833. The minimum atomic E-state index is -0.932. The molecule has 0 bridgehead atoms. The summed E-state index contributed by atoms with van der Waals surface area (Å²) in [4.78, 5) is 18.0. The highest BCUT2D eigenvalue weighted by atomic mass is 35.5. The zero-order valence-corrected chi connectivity index (χ0v) is 18.1. The molecule has 5 aromatic rings. The molecule has 5 rings (SSSR count). The van der Waals surface area contributed by atoms with Crippen molar-refractivity contribution in [3.8, 4) is 34.2 Å². The van der Waals surface area contributed by atoms with E-state index in [0.717, 1.165) is 16.8 Å². The molecule has 0 amide bonds. The number of rotatable bonds is 6. The highest BCUT2D eigenvalue weighted by molar-refractivity contribution is 6.17. The number of nitrogens with two attached hydrogens (primary N) is 1. The molecule has 0 fully saturated rings. The van der Waals surface area contributed by atoms with Crippen LogP contribution in [0.5, 0.6) is 5.88 Å². The summed E-state index contributed by atoms with van der Waals surface area (Å²) in [5.41, 5.74) is 11.5.